The van der Waals surface area contributed by atoms with Crippen LogP contribution in [0, 0.1) is 11.6 Å². The first-order valence-electron chi connectivity index (χ1n) is 8.07. The number of piperazine rings is 1. The molecule has 1 heterocycles. The molecule has 2 amide bonds. The predicted molar refractivity (Wildman–Crippen MR) is 97.2 cm³/mol. The van der Waals surface area contributed by atoms with Gasteiger partial charge in [0.1, 0.15) is 17.4 Å². The van der Waals surface area contributed by atoms with Gasteiger partial charge in [-0.3, -0.25) is 0 Å². The zero-order valence-corrected chi connectivity index (χ0v) is 14.9. The molecule has 138 valence electrons. The minimum atomic E-state index is -0.801. The summed E-state index contributed by atoms with van der Waals surface area (Å²) in [7, 11) is 1.56. The van der Waals surface area contributed by atoms with Crippen LogP contribution in [0.5, 0.6) is 5.75 Å². The lowest BCUT2D eigenvalue weighted by atomic mass is 10.2. The van der Waals surface area contributed by atoms with Crippen LogP contribution in [-0.4, -0.2) is 44.2 Å². The number of hydrogen-bond donors (Lipinski definition) is 1. The summed E-state index contributed by atoms with van der Waals surface area (Å²) in [6.45, 7) is 2.17. The van der Waals surface area contributed by atoms with Gasteiger partial charge in [-0.1, -0.05) is 11.6 Å². The molecule has 2 aromatic rings. The molecule has 5 nitrogen and oxygen atoms in total. The molecule has 1 saturated heterocycles. The SMILES string of the molecule is COc1ccc(N2CCN(C(=O)Nc3ccc(F)cc3F)CC2)cc1Cl. The maximum Gasteiger partial charge on any atom is 0.322 e. The van der Waals surface area contributed by atoms with Crippen LogP contribution >= 0.6 is 11.6 Å². The summed E-state index contributed by atoms with van der Waals surface area (Å²) >= 11 is 6.16. The smallest absolute Gasteiger partial charge is 0.322 e. The first-order chi connectivity index (χ1) is 12.5. The van der Waals surface area contributed by atoms with Crippen molar-refractivity contribution in [1.29, 1.82) is 0 Å². The predicted octanol–water partition coefficient (Wildman–Crippen LogP) is 3.98. The molecular weight excluding hydrogens is 364 g/mol. The van der Waals surface area contributed by atoms with Crippen LogP contribution in [0.1, 0.15) is 0 Å². The van der Waals surface area contributed by atoms with Crippen LogP contribution < -0.4 is 15.0 Å². The fraction of sp³-hybridized carbons (Fsp3) is 0.278. The van der Waals surface area contributed by atoms with E-state index in [-0.39, 0.29) is 5.69 Å². The molecule has 3 rings (SSSR count). The Morgan fingerprint density at radius 2 is 1.85 bits per heavy atom. The van der Waals surface area contributed by atoms with Gasteiger partial charge >= 0.3 is 6.03 Å². The number of nitrogens with one attached hydrogen (secondary N) is 1. The number of hydrogen-bond acceptors (Lipinski definition) is 3. The fourth-order valence-corrected chi connectivity index (χ4v) is 3.06. The maximum atomic E-state index is 13.7. The molecule has 8 heteroatoms. The van der Waals surface area contributed by atoms with Crippen LogP contribution in [0.3, 0.4) is 0 Å². The number of carbonyl (C=O) groups excluding carboxylic acids is 1. The Morgan fingerprint density at radius 1 is 1.12 bits per heavy atom. The average Bonchev–Trinajstić information content (AvgIpc) is 2.64. The van der Waals surface area contributed by atoms with Crippen molar-refractivity contribution in [1.82, 2.24) is 4.90 Å². The quantitative estimate of drug-likeness (QED) is 0.874. The highest BCUT2D eigenvalue weighted by Crippen LogP contribution is 2.29. The fourth-order valence-electron chi connectivity index (χ4n) is 2.80. The van der Waals surface area contributed by atoms with Gasteiger partial charge in [-0.15, -0.1) is 0 Å². The number of anilines is 2. The molecule has 0 aromatic heterocycles. The molecule has 1 aliphatic heterocycles. The van der Waals surface area contributed by atoms with E-state index in [1.165, 1.54) is 6.07 Å². The van der Waals surface area contributed by atoms with Crippen molar-refractivity contribution in [2.45, 2.75) is 0 Å². The highest BCUT2D eigenvalue weighted by atomic mass is 35.5. The Kier molecular flexibility index (Phi) is 5.46. The number of urea groups is 1. The third-order valence-corrected chi connectivity index (χ3v) is 4.54. The van der Waals surface area contributed by atoms with Crippen LogP contribution in [0.25, 0.3) is 0 Å². The normalized spacial score (nSPS) is 14.3. The summed E-state index contributed by atoms with van der Waals surface area (Å²) < 4.78 is 31.7. The topological polar surface area (TPSA) is 44.8 Å². The second-order valence-corrected chi connectivity index (χ2v) is 6.25. The molecule has 2 aromatic carbocycles. The molecule has 1 N–H and O–H groups in total. The second kappa shape index (κ2) is 7.78. The van der Waals surface area contributed by atoms with Gasteiger partial charge in [0.15, 0.2) is 0 Å². The molecule has 1 fully saturated rings. The van der Waals surface area contributed by atoms with E-state index in [1.54, 1.807) is 18.1 Å². The van der Waals surface area contributed by atoms with Gasteiger partial charge in [-0.25, -0.2) is 13.6 Å². The van der Waals surface area contributed by atoms with E-state index in [2.05, 4.69) is 10.2 Å². The molecular formula is C18H18ClF2N3O2. The van der Waals surface area contributed by atoms with E-state index >= 15 is 0 Å². The molecule has 0 bridgehead atoms. The van der Waals surface area contributed by atoms with Crippen LogP contribution in [0.4, 0.5) is 25.0 Å². The average molecular weight is 382 g/mol. The highest BCUT2D eigenvalue weighted by Gasteiger charge is 2.22. The molecule has 0 radical (unpaired) electrons. The van der Waals surface area contributed by atoms with Crippen LogP contribution in [-0.2, 0) is 0 Å². The van der Waals surface area contributed by atoms with Crippen LogP contribution in [0.2, 0.25) is 5.02 Å². The maximum absolute atomic E-state index is 13.7. The van der Waals surface area contributed by atoms with Crippen molar-refractivity contribution in [3.63, 3.8) is 0 Å². The van der Waals surface area contributed by atoms with E-state index in [1.807, 2.05) is 12.1 Å². The monoisotopic (exact) mass is 381 g/mol. The molecule has 0 unspecified atom stereocenters. The van der Waals surface area contributed by atoms with Crippen LogP contribution in [0.15, 0.2) is 36.4 Å². The minimum absolute atomic E-state index is 0.0410. The largest absolute Gasteiger partial charge is 0.495 e. The van der Waals surface area contributed by atoms with Crippen molar-refractivity contribution < 1.29 is 18.3 Å². The van der Waals surface area contributed by atoms with Gasteiger partial charge in [0.25, 0.3) is 0 Å². The Balaban J connectivity index is 1.59. The van der Waals surface area contributed by atoms with Crippen molar-refractivity contribution >= 4 is 29.0 Å². The third kappa shape index (κ3) is 3.99. The lowest BCUT2D eigenvalue weighted by Crippen LogP contribution is -2.50. The molecule has 1 aliphatic rings. The van der Waals surface area contributed by atoms with Gasteiger partial charge in [-0.2, -0.15) is 0 Å². The van der Waals surface area contributed by atoms with Crippen molar-refractivity contribution in [2.24, 2.45) is 0 Å². The summed E-state index contributed by atoms with van der Waals surface area (Å²) in [6.07, 6.45) is 0. The molecule has 0 aliphatic carbocycles. The Hall–Kier alpha value is -2.54. The van der Waals surface area contributed by atoms with Gasteiger partial charge in [0.2, 0.25) is 0 Å². The number of methoxy groups -OCH3 is 1. The Labute approximate surface area is 155 Å². The summed E-state index contributed by atoms with van der Waals surface area (Å²) in [5.41, 5.74) is 0.904. The number of nitrogens with zero attached hydrogens (tertiary/aromatic N) is 2. The van der Waals surface area contributed by atoms with E-state index < -0.39 is 17.7 Å². The van der Waals surface area contributed by atoms with E-state index in [9.17, 15) is 13.6 Å². The van der Waals surface area contributed by atoms with Crippen molar-refractivity contribution in [2.75, 3.05) is 43.5 Å². The van der Waals surface area contributed by atoms with E-state index in [0.717, 1.165) is 17.8 Å². The third-order valence-electron chi connectivity index (χ3n) is 4.24. The number of halogens is 3. The second-order valence-electron chi connectivity index (χ2n) is 5.85. The molecule has 26 heavy (non-hydrogen) atoms. The number of benzene rings is 2. The Morgan fingerprint density at radius 3 is 2.46 bits per heavy atom. The number of rotatable bonds is 3. The van der Waals surface area contributed by atoms with E-state index in [0.29, 0.717) is 37.0 Å². The summed E-state index contributed by atoms with van der Waals surface area (Å²) in [4.78, 5) is 16.0. The van der Waals surface area contributed by atoms with Gasteiger partial charge < -0.3 is 19.9 Å². The lowest BCUT2D eigenvalue weighted by molar-refractivity contribution is 0.208. The zero-order chi connectivity index (χ0) is 18.7. The highest BCUT2D eigenvalue weighted by molar-refractivity contribution is 6.32. The van der Waals surface area contributed by atoms with Crippen molar-refractivity contribution in [3.05, 3.63) is 53.1 Å². The summed E-state index contributed by atoms with van der Waals surface area (Å²) in [6, 6.07) is 8.17. The minimum Gasteiger partial charge on any atom is -0.495 e. The first kappa shape index (κ1) is 18.3. The summed E-state index contributed by atoms with van der Waals surface area (Å²) in [5.74, 6) is -0.883. The van der Waals surface area contributed by atoms with E-state index in [4.69, 9.17) is 16.3 Å². The molecule has 0 atom stereocenters. The van der Waals surface area contributed by atoms with Gasteiger partial charge in [0, 0.05) is 37.9 Å². The molecule has 0 spiro atoms. The zero-order valence-electron chi connectivity index (χ0n) is 14.1. The standard InChI is InChI=1S/C18H18ClF2N3O2/c1-26-17-5-3-13(11-14(17)19)23-6-8-24(9-7-23)18(25)22-16-4-2-12(20)10-15(16)21/h2-5,10-11H,6-9H2,1H3,(H,22,25). The number of amides is 2. The summed E-state index contributed by atoms with van der Waals surface area (Å²) in [5, 5.41) is 3.00. The lowest BCUT2D eigenvalue weighted by Gasteiger charge is -2.36. The van der Waals surface area contributed by atoms with Gasteiger partial charge in [0.05, 0.1) is 17.8 Å². The molecule has 0 saturated carbocycles. The Bertz CT molecular complexity index is 811. The number of ether oxygens (including phenoxy) is 1. The van der Waals surface area contributed by atoms with Crippen molar-refractivity contribution in [3.8, 4) is 5.75 Å². The number of carbonyl (C=O) groups is 1. The first-order valence-corrected chi connectivity index (χ1v) is 8.45. The van der Waals surface area contributed by atoms with Gasteiger partial charge in [-0.05, 0) is 30.3 Å².